The minimum absolute atomic E-state index is 0.134. The van der Waals surface area contributed by atoms with E-state index in [1.807, 2.05) is 12.1 Å². The van der Waals surface area contributed by atoms with Crippen molar-refractivity contribution in [1.29, 1.82) is 0 Å². The first-order chi connectivity index (χ1) is 9.26. The highest BCUT2D eigenvalue weighted by Gasteiger charge is 2.24. The fourth-order valence-electron chi connectivity index (χ4n) is 2.40. The molecule has 1 N–H and O–H groups in total. The van der Waals surface area contributed by atoms with Crippen LogP contribution < -0.4 is 9.62 Å². The van der Waals surface area contributed by atoms with Crippen molar-refractivity contribution in [2.45, 2.75) is 26.7 Å². The van der Waals surface area contributed by atoms with Crippen LogP contribution in [0.25, 0.3) is 0 Å². The van der Waals surface area contributed by atoms with Crippen LogP contribution in [0.4, 0.5) is 11.4 Å². The van der Waals surface area contributed by atoms with Crippen molar-refractivity contribution in [3.8, 4) is 0 Å². The Morgan fingerprint density at radius 3 is 2.60 bits per heavy atom. The molecule has 0 aromatic heterocycles. The van der Waals surface area contributed by atoms with Gasteiger partial charge in [0.15, 0.2) is 0 Å². The van der Waals surface area contributed by atoms with E-state index in [0.29, 0.717) is 31.0 Å². The normalized spacial score (nSPS) is 15.4. The Bertz CT molecular complexity index is 623. The van der Waals surface area contributed by atoms with Gasteiger partial charge in [0.2, 0.25) is 15.9 Å². The van der Waals surface area contributed by atoms with Gasteiger partial charge in [0.05, 0.1) is 6.26 Å². The second kappa shape index (κ2) is 5.44. The average molecular weight is 296 g/mol. The molecular formula is C14H20N2O3S. The van der Waals surface area contributed by atoms with Crippen molar-refractivity contribution in [2.24, 2.45) is 5.92 Å². The fraction of sp³-hybridized carbons (Fsp3) is 0.500. The highest BCUT2D eigenvalue weighted by atomic mass is 32.2. The van der Waals surface area contributed by atoms with Crippen LogP contribution in [0.1, 0.15) is 25.8 Å². The van der Waals surface area contributed by atoms with E-state index in [0.717, 1.165) is 17.5 Å². The number of sulfonamides is 1. The molecule has 0 radical (unpaired) electrons. The number of aryl methyl sites for hydroxylation is 1. The number of benzene rings is 1. The van der Waals surface area contributed by atoms with Crippen LogP contribution in [0.5, 0.6) is 0 Å². The standard InChI is InChI=1S/C14H20N2O3S/c1-10(2)9-16-13-6-5-12(15-20(3,18)19)8-11(13)4-7-14(16)17/h5-6,8,10,15H,4,7,9H2,1-3H3. The van der Waals surface area contributed by atoms with Gasteiger partial charge in [-0.2, -0.15) is 0 Å². The van der Waals surface area contributed by atoms with Crippen LogP contribution in [0.3, 0.4) is 0 Å². The molecule has 1 aromatic carbocycles. The molecule has 5 nitrogen and oxygen atoms in total. The molecule has 0 unspecified atom stereocenters. The summed E-state index contributed by atoms with van der Waals surface area (Å²) in [7, 11) is -3.28. The van der Waals surface area contributed by atoms with Crippen LogP contribution in [-0.2, 0) is 21.2 Å². The van der Waals surface area contributed by atoms with Gasteiger partial charge in [-0.05, 0) is 36.1 Å². The Morgan fingerprint density at radius 2 is 2.00 bits per heavy atom. The fourth-order valence-corrected chi connectivity index (χ4v) is 2.96. The number of amides is 1. The molecule has 20 heavy (non-hydrogen) atoms. The number of carbonyl (C=O) groups excluding carboxylic acids is 1. The van der Waals surface area contributed by atoms with Crippen LogP contribution in [0.2, 0.25) is 0 Å². The van der Waals surface area contributed by atoms with E-state index in [-0.39, 0.29) is 5.91 Å². The maximum absolute atomic E-state index is 12.0. The number of nitrogens with zero attached hydrogens (tertiary/aromatic N) is 1. The van der Waals surface area contributed by atoms with Crippen LogP contribution in [0, 0.1) is 5.92 Å². The Kier molecular flexibility index (Phi) is 4.04. The largest absolute Gasteiger partial charge is 0.312 e. The molecule has 1 heterocycles. The lowest BCUT2D eigenvalue weighted by Crippen LogP contribution is -2.37. The highest BCUT2D eigenvalue weighted by Crippen LogP contribution is 2.31. The SMILES string of the molecule is CC(C)CN1C(=O)CCc2cc(NS(C)(=O)=O)ccc21. The number of nitrogens with one attached hydrogen (secondary N) is 1. The van der Waals surface area contributed by atoms with Crippen LogP contribution >= 0.6 is 0 Å². The Hall–Kier alpha value is -1.56. The van der Waals surface area contributed by atoms with E-state index in [4.69, 9.17) is 0 Å². The average Bonchev–Trinajstić information content (AvgIpc) is 2.30. The summed E-state index contributed by atoms with van der Waals surface area (Å²) in [6, 6.07) is 5.34. The summed E-state index contributed by atoms with van der Waals surface area (Å²) in [6.45, 7) is 4.83. The smallest absolute Gasteiger partial charge is 0.229 e. The highest BCUT2D eigenvalue weighted by molar-refractivity contribution is 7.92. The second-order valence-corrected chi connectivity index (χ2v) is 7.36. The van der Waals surface area contributed by atoms with Crippen LogP contribution in [-0.4, -0.2) is 27.1 Å². The molecule has 0 spiro atoms. The van der Waals surface area contributed by atoms with E-state index in [9.17, 15) is 13.2 Å². The van der Waals surface area contributed by atoms with Crippen molar-refractivity contribution in [3.05, 3.63) is 23.8 Å². The van der Waals surface area contributed by atoms with E-state index in [1.165, 1.54) is 0 Å². The first-order valence-electron chi connectivity index (χ1n) is 6.67. The monoisotopic (exact) mass is 296 g/mol. The van der Waals surface area contributed by atoms with Gasteiger partial charge in [-0.1, -0.05) is 13.8 Å². The molecule has 110 valence electrons. The van der Waals surface area contributed by atoms with Crippen molar-refractivity contribution in [2.75, 3.05) is 22.4 Å². The maximum Gasteiger partial charge on any atom is 0.229 e. The summed E-state index contributed by atoms with van der Waals surface area (Å²) in [5.41, 5.74) is 2.46. The van der Waals surface area contributed by atoms with Crippen LogP contribution in [0.15, 0.2) is 18.2 Å². The predicted molar refractivity (Wildman–Crippen MR) is 80.4 cm³/mol. The molecular weight excluding hydrogens is 276 g/mol. The van der Waals surface area contributed by atoms with Crippen molar-refractivity contribution >= 4 is 27.3 Å². The third kappa shape index (κ3) is 3.50. The number of fused-ring (bicyclic) bond motifs is 1. The zero-order valence-electron chi connectivity index (χ0n) is 12.0. The van der Waals surface area contributed by atoms with Gasteiger partial charge in [-0.25, -0.2) is 8.42 Å². The van der Waals surface area contributed by atoms with E-state index in [1.54, 1.807) is 11.0 Å². The molecule has 1 aliphatic rings. The van der Waals surface area contributed by atoms with E-state index >= 15 is 0 Å². The molecule has 6 heteroatoms. The van der Waals surface area contributed by atoms with Crippen molar-refractivity contribution in [3.63, 3.8) is 0 Å². The van der Waals surface area contributed by atoms with Gasteiger partial charge in [-0.3, -0.25) is 9.52 Å². The molecule has 0 saturated heterocycles. The number of hydrogen-bond donors (Lipinski definition) is 1. The third-order valence-electron chi connectivity index (χ3n) is 3.13. The predicted octanol–water partition coefficient (Wildman–Crippen LogP) is 1.99. The zero-order chi connectivity index (χ0) is 14.9. The van der Waals surface area contributed by atoms with Gasteiger partial charge < -0.3 is 4.90 Å². The Labute approximate surface area is 120 Å². The molecule has 0 fully saturated rings. The molecule has 0 atom stereocenters. The summed E-state index contributed by atoms with van der Waals surface area (Å²) in [5, 5.41) is 0. The number of rotatable bonds is 4. The summed E-state index contributed by atoms with van der Waals surface area (Å²) in [5.74, 6) is 0.522. The topological polar surface area (TPSA) is 66.5 Å². The number of anilines is 2. The van der Waals surface area contributed by atoms with E-state index in [2.05, 4.69) is 18.6 Å². The van der Waals surface area contributed by atoms with E-state index < -0.39 is 10.0 Å². The van der Waals surface area contributed by atoms with Crippen molar-refractivity contribution in [1.82, 2.24) is 0 Å². The Morgan fingerprint density at radius 1 is 1.30 bits per heavy atom. The number of carbonyl (C=O) groups is 1. The lowest BCUT2D eigenvalue weighted by Gasteiger charge is -2.31. The molecule has 2 rings (SSSR count). The maximum atomic E-state index is 12.0. The summed E-state index contributed by atoms with van der Waals surface area (Å²) in [4.78, 5) is 13.8. The van der Waals surface area contributed by atoms with Gasteiger partial charge >= 0.3 is 0 Å². The molecule has 1 amide bonds. The first kappa shape index (κ1) is 14.8. The minimum Gasteiger partial charge on any atom is -0.312 e. The second-order valence-electron chi connectivity index (χ2n) is 5.62. The first-order valence-corrected chi connectivity index (χ1v) is 8.56. The minimum atomic E-state index is -3.28. The van der Waals surface area contributed by atoms with Gasteiger partial charge in [0.25, 0.3) is 0 Å². The summed E-state index contributed by atoms with van der Waals surface area (Å²) >= 11 is 0. The van der Waals surface area contributed by atoms with Gasteiger partial charge in [0.1, 0.15) is 0 Å². The molecule has 0 saturated carbocycles. The third-order valence-corrected chi connectivity index (χ3v) is 3.74. The quantitative estimate of drug-likeness (QED) is 0.924. The van der Waals surface area contributed by atoms with Crippen molar-refractivity contribution < 1.29 is 13.2 Å². The van der Waals surface area contributed by atoms with Gasteiger partial charge in [-0.15, -0.1) is 0 Å². The molecule has 1 aliphatic heterocycles. The van der Waals surface area contributed by atoms with Gasteiger partial charge in [0, 0.05) is 24.3 Å². The summed E-state index contributed by atoms with van der Waals surface area (Å²) in [6.07, 6.45) is 2.26. The Balaban J connectivity index is 2.33. The molecule has 0 bridgehead atoms. The lowest BCUT2D eigenvalue weighted by molar-refractivity contribution is -0.119. The number of hydrogen-bond acceptors (Lipinski definition) is 3. The molecule has 0 aliphatic carbocycles. The lowest BCUT2D eigenvalue weighted by atomic mass is 9.99. The zero-order valence-corrected chi connectivity index (χ0v) is 12.8. The summed E-state index contributed by atoms with van der Waals surface area (Å²) < 4.78 is 25.0. The molecule has 1 aromatic rings.